The molecule has 0 bridgehead atoms. The van der Waals surface area contributed by atoms with Crippen LogP contribution in [0.1, 0.15) is 40.6 Å². The summed E-state index contributed by atoms with van der Waals surface area (Å²) in [5, 5.41) is 5.03. The zero-order chi connectivity index (χ0) is 21.5. The summed E-state index contributed by atoms with van der Waals surface area (Å²) in [6.45, 7) is 2.37. The molecule has 0 atom stereocenters. The monoisotopic (exact) mass is 412 g/mol. The van der Waals surface area contributed by atoms with Gasteiger partial charge in [-0.05, 0) is 52.8 Å². The first-order chi connectivity index (χ1) is 14.5. The van der Waals surface area contributed by atoms with Crippen LogP contribution in [0.4, 0.5) is 5.69 Å². The van der Waals surface area contributed by atoms with E-state index in [4.69, 9.17) is 14.0 Å². The minimum absolute atomic E-state index is 0.233. The van der Waals surface area contributed by atoms with Crippen LogP contribution in [0.3, 0.4) is 0 Å². The van der Waals surface area contributed by atoms with Crippen molar-refractivity contribution in [3.05, 3.63) is 70.2 Å². The molecule has 0 saturated heterocycles. The first-order valence-corrected chi connectivity index (χ1v) is 9.40. The molecule has 1 amide bonds. The zero-order valence-electron chi connectivity index (χ0n) is 16.6. The molecule has 30 heavy (non-hydrogen) atoms. The van der Waals surface area contributed by atoms with Crippen LogP contribution in [0.2, 0.25) is 0 Å². The van der Waals surface area contributed by atoms with E-state index in [1.165, 1.54) is 11.8 Å². The van der Waals surface area contributed by atoms with Crippen molar-refractivity contribution < 1.29 is 28.3 Å². The number of nitrogens with zero attached hydrogens (tertiary/aromatic N) is 1. The quantitative estimate of drug-likeness (QED) is 0.334. The standard InChI is InChI=1S/C21H21N3O6/c1-3-4-13-29-20(26)14-5-7-15(8-6-14)22-19(25)18-21(27)30-23-24(18)16-9-11-17(28-2)12-10-16/h5-12H,3-4,13H2,1-2H3,(H-,22,23,25,26,27)/p+1. The molecule has 9 nitrogen and oxygen atoms in total. The van der Waals surface area contributed by atoms with E-state index >= 15 is 0 Å². The van der Waals surface area contributed by atoms with Gasteiger partial charge in [-0.15, -0.1) is 0 Å². The fraction of sp³-hybridized carbons (Fsp3) is 0.238. The second kappa shape index (κ2) is 9.55. The highest BCUT2D eigenvalue weighted by Gasteiger charge is 2.31. The minimum atomic E-state index is -0.820. The number of rotatable bonds is 8. The van der Waals surface area contributed by atoms with Gasteiger partial charge >= 0.3 is 23.2 Å². The average Bonchev–Trinajstić information content (AvgIpc) is 3.16. The molecule has 0 saturated carbocycles. The molecule has 1 aromatic heterocycles. The Kier molecular flexibility index (Phi) is 6.63. The number of aromatic nitrogens is 2. The van der Waals surface area contributed by atoms with Gasteiger partial charge in [-0.2, -0.15) is 0 Å². The third kappa shape index (κ3) is 4.75. The molecule has 0 spiro atoms. The second-order valence-electron chi connectivity index (χ2n) is 6.38. The Morgan fingerprint density at radius 3 is 2.43 bits per heavy atom. The van der Waals surface area contributed by atoms with Gasteiger partial charge in [0.15, 0.2) is 0 Å². The third-order valence-electron chi connectivity index (χ3n) is 4.30. The number of anilines is 1. The number of hydrogen-bond acceptors (Lipinski definition) is 6. The van der Waals surface area contributed by atoms with Crippen LogP contribution in [0.15, 0.2) is 57.8 Å². The summed E-state index contributed by atoms with van der Waals surface area (Å²) in [4.78, 5) is 36.7. The highest BCUT2D eigenvalue weighted by Crippen LogP contribution is 2.13. The van der Waals surface area contributed by atoms with Crippen LogP contribution in [-0.2, 0) is 4.74 Å². The van der Waals surface area contributed by atoms with Crippen molar-refractivity contribution in [1.29, 1.82) is 0 Å². The Morgan fingerprint density at radius 2 is 1.80 bits per heavy atom. The molecule has 3 rings (SSSR count). The van der Waals surface area contributed by atoms with Crippen molar-refractivity contribution in [2.24, 2.45) is 0 Å². The average molecular weight is 412 g/mol. The first kappa shape index (κ1) is 20.8. The van der Waals surface area contributed by atoms with Crippen molar-refractivity contribution in [3.8, 4) is 11.4 Å². The van der Waals surface area contributed by atoms with Crippen LogP contribution >= 0.6 is 0 Å². The number of benzene rings is 2. The topological polar surface area (TPSA) is 115 Å². The van der Waals surface area contributed by atoms with E-state index in [0.29, 0.717) is 29.3 Å². The molecule has 2 aromatic carbocycles. The van der Waals surface area contributed by atoms with Crippen molar-refractivity contribution in [3.63, 3.8) is 0 Å². The number of methoxy groups -OCH3 is 1. The minimum Gasteiger partial charge on any atom is -0.497 e. The molecular weight excluding hydrogens is 390 g/mol. The lowest BCUT2D eigenvalue weighted by atomic mass is 10.2. The second-order valence-corrected chi connectivity index (χ2v) is 6.38. The summed E-state index contributed by atoms with van der Waals surface area (Å²) in [5.74, 6) is -0.464. The molecule has 0 aliphatic heterocycles. The van der Waals surface area contributed by atoms with E-state index in [1.807, 2.05) is 6.92 Å². The number of esters is 1. The van der Waals surface area contributed by atoms with E-state index in [0.717, 1.165) is 12.8 Å². The van der Waals surface area contributed by atoms with Gasteiger partial charge in [0, 0.05) is 17.8 Å². The predicted octanol–water partition coefficient (Wildman–Crippen LogP) is 2.46. The molecule has 2 N–H and O–H groups in total. The van der Waals surface area contributed by atoms with Crippen molar-refractivity contribution in [1.82, 2.24) is 5.27 Å². The van der Waals surface area contributed by atoms with Crippen LogP contribution < -0.4 is 20.4 Å². The SMILES string of the molecule is CCCCOC(=O)c1ccc(NC(=O)c2c(=O)o[nH][n+]2-c2ccc(OC)cc2)cc1. The fourth-order valence-electron chi connectivity index (χ4n) is 2.65. The molecular formula is C21H22N3O6+. The Balaban J connectivity index is 1.74. The normalized spacial score (nSPS) is 10.5. The van der Waals surface area contributed by atoms with Crippen LogP contribution in [0.25, 0.3) is 5.69 Å². The van der Waals surface area contributed by atoms with Crippen LogP contribution in [0.5, 0.6) is 5.75 Å². The first-order valence-electron chi connectivity index (χ1n) is 9.40. The number of unbranched alkanes of at least 4 members (excludes halogenated alkanes) is 1. The van der Waals surface area contributed by atoms with Gasteiger partial charge in [-0.25, -0.2) is 9.59 Å². The molecule has 0 aliphatic carbocycles. The molecule has 9 heteroatoms. The summed E-state index contributed by atoms with van der Waals surface area (Å²) < 4.78 is 16.3. The van der Waals surface area contributed by atoms with E-state index < -0.39 is 17.5 Å². The maximum Gasteiger partial charge on any atom is 0.441 e. The number of carbonyl (C=O) groups excluding carboxylic acids is 2. The lowest BCUT2D eigenvalue weighted by Gasteiger charge is -2.05. The number of hydrogen-bond donors (Lipinski definition) is 2. The molecule has 0 unspecified atom stereocenters. The van der Waals surface area contributed by atoms with Crippen LogP contribution in [0, 0.1) is 0 Å². The van der Waals surface area contributed by atoms with Crippen LogP contribution in [-0.4, -0.2) is 30.9 Å². The number of nitrogens with one attached hydrogen (secondary N) is 2. The summed E-state index contributed by atoms with van der Waals surface area (Å²) in [6, 6.07) is 12.9. The predicted molar refractivity (Wildman–Crippen MR) is 107 cm³/mol. The lowest BCUT2D eigenvalue weighted by Crippen LogP contribution is -2.42. The van der Waals surface area contributed by atoms with Gasteiger partial charge in [-0.1, -0.05) is 13.3 Å². The zero-order valence-corrected chi connectivity index (χ0v) is 16.6. The number of aromatic amines is 1. The van der Waals surface area contributed by atoms with E-state index in [2.05, 4.69) is 10.6 Å². The van der Waals surface area contributed by atoms with Gasteiger partial charge in [0.1, 0.15) is 5.75 Å². The number of ether oxygens (including phenoxy) is 2. The van der Waals surface area contributed by atoms with Gasteiger partial charge in [0.05, 0.1) is 19.3 Å². The van der Waals surface area contributed by atoms with Crippen molar-refractivity contribution in [2.75, 3.05) is 19.0 Å². The Morgan fingerprint density at radius 1 is 1.10 bits per heavy atom. The van der Waals surface area contributed by atoms with E-state index in [-0.39, 0.29) is 5.69 Å². The van der Waals surface area contributed by atoms with Gasteiger partial charge < -0.3 is 14.8 Å². The van der Waals surface area contributed by atoms with Gasteiger partial charge in [-0.3, -0.25) is 9.32 Å². The third-order valence-corrected chi connectivity index (χ3v) is 4.30. The summed E-state index contributed by atoms with van der Waals surface area (Å²) >= 11 is 0. The summed E-state index contributed by atoms with van der Waals surface area (Å²) in [7, 11) is 1.54. The Bertz CT molecular complexity index is 1070. The molecule has 3 aromatic rings. The lowest BCUT2D eigenvalue weighted by molar-refractivity contribution is -0.672. The number of H-pyrrole nitrogens is 1. The van der Waals surface area contributed by atoms with Gasteiger partial charge in [0.2, 0.25) is 5.69 Å². The maximum absolute atomic E-state index is 12.7. The molecule has 156 valence electrons. The van der Waals surface area contributed by atoms with Crippen molar-refractivity contribution >= 4 is 17.6 Å². The maximum atomic E-state index is 12.7. The number of carbonyl (C=O) groups is 2. The molecule has 0 fully saturated rings. The highest BCUT2D eigenvalue weighted by molar-refractivity contribution is 6.02. The molecule has 1 heterocycles. The summed E-state index contributed by atoms with van der Waals surface area (Å²) in [6.07, 6.45) is 1.73. The fourth-order valence-corrected chi connectivity index (χ4v) is 2.65. The Hall–Kier alpha value is -3.88. The largest absolute Gasteiger partial charge is 0.497 e. The Labute approximate surface area is 172 Å². The summed E-state index contributed by atoms with van der Waals surface area (Å²) in [5.41, 5.74) is 0.241. The van der Waals surface area contributed by atoms with E-state index in [1.54, 1.807) is 48.5 Å². The van der Waals surface area contributed by atoms with E-state index in [9.17, 15) is 14.4 Å². The molecule has 0 radical (unpaired) electrons. The van der Waals surface area contributed by atoms with Crippen molar-refractivity contribution in [2.45, 2.75) is 19.8 Å². The highest BCUT2D eigenvalue weighted by atomic mass is 16.5. The number of amides is 1. The van der Waals surface area contributed by atoms with Gasteiger partial charge in [0.25, 0.3) is 0 Å². The molecule has 0 aliphatic rings. The smallest absolute Gasteiger partial charge is 0.441 e.